The molecule has 4 nitrogen and oxygen atoms in total. The lowest BCUT2D eigenvalue weighted by atomic mass is 9.91. The third-order valence-electron chi connectivity index (χ3n) is 3.48. The highest BCUT2D eigenvalue weighted by atomic mass is 32.2. The molecular weight excluding hydrogens is 274 g/mol. The van der Waals surface area contributed by atoms with Crippen molar-refractivity contribution in [3.63, 3.8) is 0 Å². The summed E-state index contributed by atoms with van der Waals surface area (Å²) in [5, 5.41) is 0. The van der Waals surface area contributed by atoms with Gasteiger partial charge in [-0.05, 0) is 24.3 Å². The number of sulfonamides is 1. The highest BCUT2D eigenvalue weighted by molar-refractivity contribution is 7.89. The van der Waals surface area contributed by atoms with Gasteiger partial charge in [0.25, 0.3) is 0 Å². The van der Waals surface area contributed by atoms with Crippen LogP contribution in [0.2, 0.25) is 0 Å². The maximum absolute atomic E-state index is 12.5. The van der Waals surface area contributed by atoms with Gasteiger partial charge in [-0.2, -0.15) is 0 Å². The predicted octanol–water partition coefficient (Wildman–Crippen LogP) is 2.38. The van der Waals surface area contributed by atoms with Gasteiger partial charge in [-0.3, -0.25) is 4.79 Å². The molecule has 1 atom stereocenters. The van der Waals surface area contributed by atoms with E-state index in [-0.39, 0.29) is 23.5 Å². The second-order valence-corrected chi connectivity index (χ2v) is 7.63. The van der Waals surface area contributed by atoms with E-state index in [1.54, 1.807) is 0 Å². The van der Waals surface area contributed by atoms with Gasteiger partial charge < -0.3 is 0 Å². The summed E-state index contributed by atoms with van der Waals surface area (Å²) < 4.78 is 25.7. The zero-order valence-electron chi connectivity index (χ0n) is 12.0. The SMILES string of the molecule is CC(C)CS(=O)(=O)N1CCCC(c2ccccc2)C1=O. The fourth-order valence-corrected chi connectivity index (χ4v) is 4.46. The van der Waals surface area contributed by atoms with Gasteiger partial charge in [0.05, 0.1) is 11.7 Å². The van der Waals surface area contributed by atoms with Gasteiger partial charge in [0.1, 0.15) is 0 Å². The lowest BCUT2D eigenvalue weighted by Gasteiger charge is -2.32. The van der Waals surface area contributed by atoms with E-state index in [1.807, 2.05) is 44.2 Å². The number of benzene rings is 1. The van der Waals surface area contributed by atoms with Crippen LogP contribution in [0.4, 0.5) is 0 Å². The van der Waals surface area contributed by atoms with E-state index in [1.165, 1.54) is 0 Å². The predicted molar refractivity (Wildman–Crippen MR) is 78.8 cm³/mol. The van der Waals surface area contributed by atoms with Crippen LogP contribution in [-0.2, 0) is 14.8 Å². The third-order valence-corrected chi connectivity index (χ3v) is 5.60. The molecule has 1 amide bonds. The Morgan fingerprint density at radius 1 is 1.25 bits per heavy atom. The Morgan fingerprint density at radius 3 is 2.50 bits per heavy atom. The van der Waals surface area contributed by atoms with Crippen molar-refractivity contribution >= 4 is 15.9 Å². The van der Waals surface area contributed by atoms with Crippen LogP contribution in [0.3, 0.4) is 0 Å². The molecule has 0 aliphatic carbocycles. The fraction of sp³-hybridized carbons (Fsp3) is 0.533. The average Bonchev–Trinajstić information content (AvgIpc) is 2.38. The van der Waals surface area contributed by atoms with Crippen LogP contribution in [0.15, 0.2) is 30.3 Å². The topological polar surface area (TPSA) is 54.5 Å². The summed E-state index contributed by atoms with van der Waals surface area (Å²) in [6.45, 7) is 4.01. The second-order valence-electron chi connectivity index (χ2n) is 5.69. The Balaban J connectivity index is 2.24. The Morgan fingerprint density at radius 2 is 1.90 bits per heavy atom. The molecule has 0 radical (unpaired) electrons. The summed E-state index contributed by atoms with van der Waals surface area (Å²) in [4.78, 5) is 12.5. The maximum atomic E-state index is 12.5. The molecule has 2 rings (SSSR count). The fourth-order valence-electron chi connectivity index (χ4n) is 2.63. The molecule has 1 unspecified atom stereocenters. The zero-order valence-corrected chi connectivity index (χ0v) is 12.8. The minimum atomic E-state index is -3.49. The Bertz CT molecular complexity index is 566. The van der Waals surface area contributed by atoms with Crippen LogP contribution >= 0.6 is 0 Å². The van der Waals surface area contributed by atoms with E-state index in [0.29, 0.717) is 6.54 Å². The van der Waals surface area contributed by atoms with Crippen LogP contribution in [0.25, 0.3) is 0 Å². The minimum Gasteiger partial charge on any atom is -0.273 e. The van der Waals surface area contributed by atoms with E-state index in [2.05, 4.69) is 0 Å². The standard InChI is InChI=1S/C15H21NO3S/c1-12(2)11-20(18,19)16-10-6-9-14(15(16)17)13-7-4-3-5-8-13/h3-5,7-8,12,14H,6,9-11H2,1-2H3. The molecule has 0 N–H and O–H groups in total. The normalized spacial score (nSPS) is 20.4. The van der Waals surface area contributed by atoms with Crippen LogP contribution in [0, 0.1) is 5.92 Å². The molecule has 1 aromatic carbocycles. The third kappa shape index (κ3) is 3.20. The molecule has 0 aromatic heterocycles. The summed E-state index contributed by atoms with van der Waals surface area (Å²) in [7, 11) is -3.49. The van der Waals surface area contributed by atoms with Crippen molar-refractivity contribution in [2.75, 3.05) is 12.3 Å². The van der Waals surface area contributed by atoms with Gasteiger partial charge in [0.15, 0.2) is 0 Å². The molecule has 1 fully saturated rings. The van der Waals surface area contributed by atoms with Crippen LogP contribution < -0.4 is 0 Å². The smallest absolute Gasteiger partial charge is 0.243 e. The molecule has 1 aliphatic rings. The molecule has 0 saturated carbocycles. The second kappa shape index (κ2) is 5.95. The summed E-state index contributed by atoms with van der Waals surface area (Å²) in [6, 6.07) is 9.43. The molecule has 1 heterocycles. The van der Waals surface area contributed by atoms with E-state index in [4.69, 9.17) is 0 Å². The first-order valence-corrected chi connectivity index (χ1v) is 8.62. The lowest BCUT2D eigenvalue weighted by Crippen LogP contribution is -2.45. The van der Waals surface area contributed by atoms with Crippen molar-refractivity contribution in [3.8, 4) is 0 Å². The maximum Gasteiger partial charge on any atom is 0.243 e. The number of amides is 1. The summed E-state index contributed by atoms with van der Waals surface area (Å²) in [5.74, 6) is -0.555. The first kappa shape index (κ1) is 15.0. The number of hydrogen-bond donors (Lipinski definition) is 0. The Labute approximate surface area is 120 Å². The van der Waals surface area contributed by atoms with Gasteiger partial charge in [-0.15, -0.1) is 0 Å². The van der Waals surface area contributed by atoms with Crippen molar-refractivity contribution in [1.29, 1.82) is 0 Å². The minimum absolute atomic E-state index is 0.0184. The number of rotatable bonds is 4. The first-order chi connectivity index (χ1) is 9.42. The average molecular weight is 295 g/mol. The number of carbonyl (C=O) groups is 1. The molecule has 1 aromatic rings. The van der Waals surface area contributed by atoms with Crippen molar-refractivity contribution in [2.45, 2.75) is 32.6 Å². The molecule has 20 heavy (non-hydrogen) atoms. The molecule has 110 valence electrons. The van der Waals surface area contributed by atoms with E-state index in [9.17, 15) is 13.2 Å². The van der Waals surface area contributed by atoms with Crippen molar-refractivity contribution in [2.24, 2.45) is 5.92 Å². The largest absolute Gasteiger partial charge is 0.273 e. The highest BCUT2D eigenvalue weighted by Crippen LogP contribution is 2.29. The Hall–Kier alpha value is -1.36. The number of piperidine rings is 1. The summed E-state index contributed by atoms with van der Waals surface area (Å²) in [5.41, 5.74) is 0.905. The van der Waals surface area contributed by atoms with E-state index >= 15 is 0 Å². The van der Waals surface area contributed by atoms with Crippen LogP contribution in [-0.4, -0.2) is 30.9 Å². The first-order valence-electron chi connectivity index (χ1n) is 7.01. The monoisotopic (exact) mass is 295 g/mol. The molecule has 0 bridgehead atoms. The van der Waals surface area contributed by atoms with Crippen molar-refractivity contribution in [3.05, 3.63) is 35.9 Å². The quantitative estimate of drug-likeness (QED) is 0.857. The van der Waals surface area contributed by atoms with Crippen molar-refractivity contribution in [1.82, 2.24) is 4.31 Å². The molecule has 0 spiro atoms. The molecule has 1 saturated heterocycles. The number of nitrogens with zero attached hydrogens (tertiary/aromatic N) is 1. The number of hydrogen-bond acceptors (Lipinski definition) is 3. The molecular formula is C15H21NO3S. The van der Waals surface area contributed by atoms with Gasteiger partial charge in [0, 0.05) is 6.54 Å². The Kier molecular flexibility index (Phi) is 4.48. The van der Waals surface area contributed by atoms with Crippen molar-refractivity contribution < 1.29 is 13.2 Å². The lowest BCUT2D eigenvalue weighted by molar-refractivity contribution is -0.129. The highest BCUT2D eigenvalue weighted by Gasteiger charge is 2.36. The summed E-state index contributed by atoms with van der Waals surface area (Å²) in [6.07, 6.45) is 1.44. The van der Waals surface area contributed by atoms with Crippen LogP contribution in [0.5, 0.6) is 0 Å². The number of carbonyl (C=O) groups excluding carboxylic acids is 1. The van der Waals surface area contributed by atoms with Gasteiger partial charge in [-0.1, -0.05) is 44.2 Å². The van der Waals surface area contributed by atoms with E-state index in [0.717, 1.165) is 22.7 Å². The molecule has 5 heteroatoms. The molecule has 1 aliphatic heterocycles. The van der Waals surface area contributed by atoms with Gasteiger partial charge in [-0.25, -0.2) is 12.7 Å². The summed E-state index contributed by atoms with van der Waals surface area (Å²) >= 11 is 0. The van der Waals surface area contributed by atoms with Gasteiger partial charge >= 0.3 is 0 Å². The van der Waals surface area contributed by atoms with E-state index < -0.39 is 10.0 Å². The van der Waals surface area contributed by atoms with Crippen LogP contribution in [0.1, 0.15) is 38.2 Å². The van der Waals surface area contributed by atoms with Gasteiger partial charge in [0.2, 0.25) is 15.9 Å². The zero-order chi connectivity index (χ0) is 14.8.